The molecule has 3 heterocycles. The maximum atomic E-state index is 12.0. The molecule has 1 aliphatic rings. The van der Waals surface area contributed by atoms with Crippen LogP contribution < -0.4 is 15.4 Å². The van der Waals surface area contributed by atoms with E-state index in [4.69, 9.17) is 4.74 Å². The zero-order valence-electron chi connectivity index (χ0n) is 15.4. The molecule has 0 saturated carbocycles. The van der Waals surface area contributed by atoms with Crippen LogP contribution in [0.15, 0.2) is 48.7 Å². The van der Waals surface area contributed by atoms with Crippen molar-refractivity contribution in [2.45, 2.75) is 6.42 Å². The number of rotatable bonds is 5. The molecule has 0 bridgehead atoms. The summed E-state index contributed by atoms with van der Waals surface area (Å²) in [5.41, 5.74) is 5.28. The summed E-state index contributed by atoms with van der Waals surface area (Å²) in [4.78, 5) is 31.1. The Balaban J connectivity index is 1.56. The van der Waals surface area contributed by atoms with E-state index in [1.54, 1.807) is 13.2 Å². The highest BCUT2D eigenvalue weighted by Crippen LogP contribution is 2.27. The minimum atomic E-state index is -0.180. The zero-order valence-corrected chi connectivity index (χ0v) is 15.4. The number of hydrogen-bond acceptors (Lipinski definition) is 4. The molecular formula is C21H20N4O3. The molecule has 0 radical (unpaired) electrons. The lowest BCUT2D eigenvalue weighted by Gasteiger charge is -2.11. The van der Waals surface area contributed by atoms with Gasteiger partial charge in [0.2, 0.25) is 0 Å². The van der Waals surface area contributed by atoms with Gasteiger partial charge in [0.15, 0.2) is 6.61 Å². The lowest BCUT2D eigenvalue weighted by Crippen LogP contribution is -2.31. The molecule has 7 heteroatoms. The first-order chi connectivity index (χ1) is 13.6. The van der Waals surface area contributed by atoms with Gasteiger partial charge in [0.05, 0.1) is 11.3 Å². The third-order valence-corrected chi connectivity index (χ3v) is 4.67. The van der Waals surface area contributed by atoms with Gasteiger partial charge in [0.1, 0.15) is 5.75 Å². The second-order valence-corrected chi connectivity index (χ2v) is 6.50. The maximum Gasteiger partial charge on any atom is 0.257 e. The quantitative estimate of drug-likeness (QED) is 0.636. The Morgan fingerprint density at radius 1 is 1.18 bits per heavy atom. The van der Waals surface area contributed by atoms with E-state index in [-0.39, 0.29) is 18.4 Å². The predicted octanol–water partition coefficient (Wildman–Crippen LogP) is 2.15. The van der Waals surface area contributed by atoms with Crippen molar-refractivity contribution in [3.63, 3.8) is 0 Å². The molecule has 3 N–H and O–H groups in total. The van der Waals surface area contributed by atoms with Crippen LogP contribution in [-0.2, 0) is 11.2 Å². The van der Waals surface area contributed by atoms with E-state index in [2.05, 4.69) is 20.6 Å². The van der Waals surface area contributed by atoms with Crippen molar-refractivity contribution in [3.8, 4) is 28.3 Å². The van der Waals surface area contributed by atoms with E-state index in [1.807, 2.05) is 42.5 Å². The number of pyridine rings is 1. The molecule has 2 amide bonds. The number of ether oxygens (including phenoxy) is 1. The van der Waals surface area contributed by atoms with E-state index in [1.165, 1.54) is 0 Å². The number of aromatic amines is 1. The summed E-state index contributed by atoms with van der Waals surface area (Å²) in [6.45, 7) is 0.635. The van der Waals surface area contributed by atoms with E-state index in [0.29, 0.717) is 17.9 Å². The molecular weight excluding hydrogens is 356 g/mol. The van der Waals surface area contributed by atoms with Gasteiger partial charge >= 0.3 is 0 Å². The summed E-state index contributed by atoms with van der Waals surface area (Å²) >= 11 is 0. The molecule has 0 unspecified atom stereocenters. The Morgan fingerprint density at radius 2 is 2.00 bits per heavy atom. The van der Waals surface area contributed by atoms with E-state index >= 15 is 0 Å². The van der Waals surface area contributed by atoms with Crippen molar-refractivity contribution in [2.75, 3.05) is 20.2 Å². The van der Waals surface area contributed by atoms with Gasteiger partial charge in [-0.2, -0.15) is 0 Å². The number of hydrogen-bond donors (Lipinski definition) is 3. The maximum absolute atomic E-state index is 12.0. The lowest BCUT2D eigenvalue weighted by molar-refractivity contribution is -0.122. The molecule has 1 aliphatic heterocycles. The number of carbonyl (C=O) groups excluding carboxylic acids is 2. The molecule has 4 rings (SSSR count). The molecule has 3 aromatic rings. The number of aromatic nitrogens is 2. The average Bonchev–Trinajstić information content (AvgIpc) is 3.18. The second-order valence-electron chi connectivity index (χ2n) is 6.50. The molecule has 28 heavy (non-hydrogen) atoms. The number of H-pyrrole nitrogens is 1. The number of amides is 2. The smallest absolute Gasteiger partial charge is 0.257 e. The third-order valence-electron chi connectivity index (χ3n) is 4.67. The Bertz CT molecular complexity index is 1020. The van der Waals surface area contributed by atoms with Crippen LogP contribution in [0.5, 0.6) is 5.75 Å². The number of nitrogens with one attached hydrogen (secondary N) is 3. The first-order valence-electron chi connectivity index (χ1n) is 9.04. The fourth-order valence-electron chi connectivity index (χ4n) is 3.15. The average molecular weight is 376 g/mol. The summed E-state index contributed by atoms with van der Waals surface area (Å²) in [5.74, 6) is 0.401. The van der Waals surface area contributed by atoms with Crippen LogP contribution in [0.4, 0.5) is 0 Å². The van der Waals surface area contributed by atoms with Gasteiger partial charge in [0.25, 0.3) is 11.8 Å². The monoisotopic (exact) mass is 376 g/mol. The predicted molar refractivity (Wildman–Crippen MR) is 105 cm³/mol. The summed E-state index contributed by atoms with van der Waals surface area (Å²) < 4.78 is 5.42. The summed E-state index contributed by atoms with van der Waals surface area (Å²) in [7, 11) is 1.57. The van der Waals surface area contributed by atoms with Crippen LogP contribution in [0.1, 0.15) is 16.1 Å². The molecule has 0 saturated heterocycles. The molecule has 142 valence electrons. The highest BCUT2D eigenvalue weighted by Gasteiger charge is 2.20. The minimum Gasteiger partial charge on any atom is -0.484 e. The topological polar surface area (TPSA) is 96.1 Å². The Kier molecular flexibility index (Phi) is 4.80. The van der Waals surface area contributed by atoms with Crippen LogP contribution in [0.2, 0.25) is 0 Å². The van der Waals surface area contributed by atoms with Gasteiger partial charge in [0, 0.05) is 48.7 Å². The molecule has 0 fully saturated rings. The number of fused-ring (bicyclic) bond motifs is 1. The Labute approximate surface area is 162 Å². The zero-order chi connectivity index (χ0) is 19.5. The highest BCUT2D eigenvalue weighted by atomic mass is 16.5. The molecule has 0 aliphatic carbocycles. The molecule has 2 aromatic heterocycles. The fraction of sp³-hybridized carbons (Fsp3) is 0.190. The van der Waals surface area contributed by atoms with Crippen molar-refractivity contribution in [2.24, 2.45) is 0 Å². The normalized spacial score (nSPS) is 12.8. The first-order valence-corrected chi connectivity index (χ1v) is 9.04. The van der Waals surface area contributed by atoms with Gasteiger partial charge in [-0.25, -0.2) is 0 Å². The van der Waals surface area contributed by atoms with Gasteiger partial charge in [-0.1, -0.05) is 0 Å². The van der Waals surface area contributed by atoms with Crippen LogP contribution in [0, 0.1) is 0 Å². The van der Waals surface area contributed by atoms with Crippen LogP contribution in [0.3, 0.4) is 0 Å². The van der Waals surface area contributed by atoms with Gasteiger partial charge < -0.3 is 20.4 Å². The van der Waals surface area contributed by atoms with Crippen LogP contribution >= 0.6 is 0 Å². The Morgan fingerprint density at radius 3 is 2.75 bits per heavy atom. The van der Waals surface area contributed by atoms with Crippen molar-refractivity contribution in [1.29, 1.82) is 0 Å². The van der Waals surface area contributed by atoms with Gasteiger partial charge in [-0.3, -0.25) is 14.6 Å². The number of benzene rings is 1. The molecule has 0 atom stereocenters. The Hall–Kier alpha value is -3.61. The second kappa shape index (κ2) is 7.56. The molecule has 7 nitrogen and oxygen atoms in total. The minimum absolute atomic E-state index is 0.0192. The fourth-order valence-corrected chi connectivity index (χ4v) is 3.15. The largest absolute Gasteiger partial charge is 0.484 e. The third kappa shape index (κ3) is 3.59. The van der Waals surface area contributed by atoms with E-state index in [9.17, 15) is 9.59 Å². The van der Waals surface area contributed by atoms with Crippen LogP contribution in [-0.4, -0.2) is 42.0 Å². The van der Waals surface area contributed by atoms with Crippen LogP contribution in [0.25, 0.3) is 22.5 Å². The summed E-state index contributed by atoms with van der Waals surface area (Å²) in [5, 5.41) is 5.37. The lowest BCUT2D eigenvalue weighted by atomic mass is 10.1. The van der Waals surface area contributed by atoms with E-state index in [0.717, 1.165) is 34.6 Å². The molecule has 1 aromatic carbocycles. The van der Waals surface area contributed by atoms with E-state index < -0.39 is 0 Å². The number of nitrogens with zero attached hydrogens (tertiary/aromatic N) is 1. The van der Waals surface area contributed by atoms with Crippen molar-refractivity contribution in [3.05, 3.63) is 59.9 Å². The highest BCUT2D eigenvalue weighted by molar-refractivity contribution is 5.97. The van der Waals surface area contributed by atoms with Gasteiger partial charge in [-0.05, 0) is 42.5 Å². The van der Waals surface area contributed by atoms with Crippen molar-refractivity contribution in [1.82, 2.24) is 20.6 Å². The number of likely N-dealkylation sites (N-methyl/N-ethyl adjacent to an activating group) is 1. The first kappa shape index (κ1) is 17.8. The summed E-state index contributed by atoms with van der Waals surface area (Å²) in [6, 6.07) is 13.2. The van der Waals surface area contributed by atoms with Gasteiger partial charge in [-0.15, -0.1) is 0 Å². The van der Waals surface area contributed by atoms with Crippen molar-refractivity contribution < 1.29 is 14.3 Å². The number of carbonyl (C=O) groups is 2. The summed E-state index contributed by atoms with van der Waals surface area (Å²) in [6.07, 6.45) is 2.55. The standard InChI is InChI=1S/C21H20N4O3/c1-22-20(26)12-28-15-4-2-13(3-5-15)18-10-14(6-8-23-18)19-11-16-17(25-19)7-9-24-21(16)27/h2-6,8,10-11,25H,7,9,12H2,1H3,(H,22,26)(H,24,27). The molecule has 0 spiro atoms. The van der Waals surface area contributed by atoms with Crippen molar-refractivity contribution >= 4 is 11.8 Å². The SMILES string of the molecule is CNC(=O)COc1ccc(-c2cc(-c3cc4c([nH]3)CCNC4=O)ccn2)cc1.